The van der Waals surface area contributed by atoms with Crippen molar-refractivity contribution in [3.63, 3.8) is 0 Å². The second kappa shape index (κ2) is 8.48. The van der Waals surface area contributed by atoms with Gasteiger partial charge in [0.25, 0.3) is 5.91 Å². The normalized spacial score (nSPS) is 16.9. The zero-order valence-electron chi connectivity index (χ0n) is 16.6. The van der Waals surface area contributed by atoms with E-state index in [1.54, 1.807) is 37.6 Å². The number of amides is 1. The van der Waals surface area contributed by atoms with Crippen LogP contribution in [0.4, 0.5) is 5.95 Å². The van der Waals surface area contributed by atoms with Gasteiger partial charge in [0, 0.05) is 43.5 Å². The molecular weight excluding hydrogens is 366 g/mol. The molecule has 1 aromatic carbocycles. The smallest absolute Gasteiger partial charge is 0.254 e. The van der Waals surface area contributed by atoms with Crippen LogP contribution in [0, 0.1) is 17.2 Å². The maximum absolute atomic E-state index is 13.3. The summed E-state index contributed by atoms with van der Waals surface area (Å²) in [6.07, 6.45) is 5.84. The first-order valence-electron chi connectivity index (χ1n) is 10.1. The van der Waals surface area contributed by atoms with Crippen molar-refractivity contribution in [1.29, 1.82) is 5.26 Å². The van der Waals surface area contributed by atoms with Gasteiger partial charge in [-0.3, -0.25) is 4.79 Å². The predicted octanol–water partition coefficient (Wildman–Crippen LogP) is 2.88. The van der Waals surface area contributed by atoms with Crippen LogP contribution in [-0.2, 0) is 0 Å². The predicted molar refractivity (Wildman–Crippen MR) is 109 cm³/mol. The Bertz CT molecular complexity index is 913. The Balaban J connectivity index is 1.47. The molecule has 1 saturated carbocycles. The summed E-state index contributed by atoms with van der Waals surface area (Å²) in [6.45, 7) is 2.39. The molecule has 1 aliphatic carbocycles. The van der Waals surface area contributed by atoms with Crippen LogP contribution in [0.2, 0.25) is 0 Å². The molecule has 1 saturated heterocycles. The molecule has 29 heavy (non-hydrogen) atoms. The number of carbonyl (C=O) groups excluding carboxylic acids is 1. The maximum Gasteiger partial charge on any atom is 0.254 e. The fourth-order valence-corrected chi connectivity index (χ4v) is 3.84. The molecule has 0 bridgehead atoms. The summed E-state index contributed by atoms with van der Waals surface area (Å²) < 4.78 is 5.20. The van der Waals surface area contributed by atoms with Crippen molar-refractivity contribution in [2.45, 2.75) is 31.7 Å². The van der Waals surface area contributed by atoms with Crippen LogP contribution in [0.5, 0.6) is 5.88 Å². The average molecular weight is 391 g/mol. The third-order valence-electron chi connectivity index (χ3n) is 5.67. The lowest BCUT2D eigenvalue weighted by molar-refractivity contribution is 0.0638. The molecule has 4 rings (SSSR count). The first-order chi connectivity index (χ1) is 14.2. The summed E-state index contributed by atoms with van der Waals surface area (Å²) >= 11 is 0. The van der Waals surface area contributed by atoms with Crippen molar-refractivity contribution in [3.8, 4) is 11.9 Å². The largest absolute Gasteiger partial charge is 0.481 e. The minimum absolute atomic E-state index is 0.0325. The first-order valence-corrected chi connectivity index (χ1v) is 10.1. The van der Waals surface area contributed by atoms with E-state index in [4.69, 9.17) is 10.00 Å². The molecule has 150 valence electrons. The Morgan fingerprint density at radius 1 is 1.28 bits per heavy atom. The molecule has 1 aromatic heterocycles. The number of nitriles is 1. The van der Waals surface area contributed by atoms with Crippen LogP contribution in [0.3, 0.4) is 0 Å². The summed E-state index contributed by atoms with van der Waals surface area (Å²) in [5.41, 5.74) is 1.12. The number of methoxy groups -OCH3 is 1. The van der Waals surface area contributed by atoms with Crippen molar-refractivity contribution in [1.82, 2.24) is 14.9 Å². The highest BCUT2D eigenvalue weighted by Gasteiger charge is 2.34. The summed E-state index contributed by atoms with van der Waals surface area (Å²) in [5, 5.41) is 9.16. The van der Waals surface area contributed by atoms with Gasteiger partial charge in [-0.25, -0.2) is 4.98 Å². The molecule has 0 atom stereocenters. The molecule has 7 heteroatoms. The van der Waals surface area contributed by atoms with E-state index in [1.807, 2.05) is 11.0 Å². The average Bonchev–Trinajstić information content (AvgIpc) is 3.61. The highest BCUT2D eigenvalue weighted by molar-refractivity contribution is 5.94. The fraction of sp³-hybridized carbons (Fsp3) is 0.455. The molecule has 0 radical (unpaired) electrons. The Labute approximate surface area is 170 Å². The number of nitrogens with zero attached hydrogens (tertiary/aromatic N) is 5. The van der Waals surface area contributed by atoms with Gasteiger partial charge < -0.3 is 14.5 Å². The van der Waals surface area contributed by atoms with E-state index >= 15 is 0 Å². The highest BCUT2D eigenvalue weighted by atomic mass is 16.5. The van der Waals surface area contributed by atoms with Gasteiger partial charge in [-0.1, -0.05) is 6.07 Å². The lowest BCUT2D eigenvalue weighted by atomic mass is 10.0. The fourth-order valence-electron chi connectivity index (χ4n) is 3.84. The number of benzene rings is 1. The van der Waals surface area contributed by atoms with Crippen LogP contribution in [0.1, 0.15) is 41.6 Å². The molecule has 2 aromatic rings. The minimum atomic E-state index is 0.0325. The van der Waals surface area contributed by atoms with Gasteiger partial charge in [-0.15, -0.1) is 0 Å². The van der Waals surface area contributed by atoms with Crippen molar-refractivity contribution in [2.24, 2.45) is 5.92 Å². The third kappa shape index (κ3) is 4.48. The zero-order valence-corrected chi connectivity index (χ0v) is 16.6. The number of aromatic nitrogens is 2. The molecule has 1 aliphatic heterocycles. The monoisotopic (exact) mass is 391 g/mol. The standard InChI is InChI=1S/C22H25N5O2/c1-29-20-7-10-24-22(25-20)26-11-8-19(9-12-26)27(15-16-5-6-16)21(28)18-4-2-3-17(13-18)14-23/h2-4,7,10,13,16,19H,5-6,8-9,11-12,15H2,1H3. The van der Waals surface area contributed by atoms with Crippen molar-refractivity contribution in [2.75, 3.05) is 31.6 Å². The number of hydrogen-bond donors (Lipinski definition) is 0. The molecule has 0 unspecified atom stereocenters. The molecule has 2 heterocycles. The topological polar surface area (TPSA) is 82.4 Å². The molecule has 0 spiro atoms. The van der Waals surface area contributed by atoms with Crippen LogP contribution >= 0.6 is 0 Å². The lowest BCUT2D eigenvalue weighted by Gasteiger charge is -2.38. The zero-order chi connectivity index (χ0) is 20.2. The summed E-state index contributed by atoms with van der Waals surface area (Å²) in [5.74, 6) is 1.87. The van der Waals surface area contributed by atoms with E-state index in [2.05, 4.69) is 20.9 Å². The molecular formula is C22H25N5O2. The van der Waals surface area contributed by atoms with Crippen LogP contribution < -0.4 is 9.64 Å². The van der Waals surface area contributed by atoms with Gasteiger partial charge in [0.05, 0.1) is 18.7 Å². The van der Waals surface area contributed by atoms with Crippen LogP contribution in [0.15, 0.2) is 36.5 Å². The van der Waals surface area contributed by atoms with Gasteiger partial charge >= 0.3 is 0 Å². The van der Waals surface area contributed by atoms with Crippen molar-refractivity contribution in [3.05, 3.63) is 47.7 Å². The Morgan fingerprint density at radius 2 is 2.07 bits per heavy atom. The third-order valence-corrected chi connectivity index (χ3v) is 5.67. The maximum atomic E-state index is 13.3. The van der Waals surface area contributed by atoms with Crippen LogP contribution in [0.25, 0.3) is 0 Å². The molecule has 2 fully saturated rings. The van der Waals surface area contributed by atoms with E-state index in [0.717, 1.165) is 32.5 Å². The van der Waals surface area contributed by atoms with E-state index in [0.29, 0.717) is 28.9 Å². The highest BCUT2D eigenvalue weighted by Crippen LogP contribution is 2.32. The van der Waals surface area contributed by atoms with Gasteiger partial charge in [-0.2, -0.15) is 10.2 Å². The van der Waals surface area contributed by atoms with Gasteiger partial charge in [0.1, 0.15) is 0 Å². The summed E-state index contributed by atoms with van der Waals surface area (Å²) in [6, 6.07) is 11.1. The first kappa shape index (κ1) is 19.2. The molecule has 0 N–H and O–H groups in total. The Hall–Kier alpha value is -3.14. The SMILES string of the molecule is COc1ccnc(N2CCC(N(CC3CC3)C(=O)c3cccc(C#N)c3)CC2)n1. The second-order valence-corrected chi connectivity index (χ2v) is 7.71. The Kier molecular flexibility index (Phi) is 5.61. The van der Waals surface area contributed by atoms with E-state index in [-0.39, 0.29) is 11.9 Å². The molecule has 7 nitrogen and oxygen atoms in total. The van der Waals surface area contributed by atoms with Gasteiger partial charge in [0.2, 0.25) is 11.8 Å². The van der Waals surface area contributed by atoms with E-state index in [9.17, 15) is 4.79 Å². The number of carbonyl (C=O) groups is 1. The quantitative estimate of drug-likeness (QED) is 0.753. The van der Waals surface area contributed by atoms with E-state index < -0.39 is 0 Å². The van der Waals surface area contributed by atoms with E-state index in [1.165, 1.54) is 12.8 Å². The number of ether oxygens (including phenoxy) is 1. The molecule has 1 amide bonds. The number of anilines is 1. The van der Waals surface area contributed by atoms with Gasteiger partial charge in [-0.05, 0) is 49.8 Å². The number of piperidine rings is 1. The van der Waals surface area contributed by atoms with Crippen LogP contribution in [-0.4, -0.2) is 53.6 Å². The summed E-state index contributed by atoms with van der Waals surface area (Å²) in [4.78, 5) is 26.3. The van der Waals surface area contributed by atoms with Crippen molar-refractivity contribution < 1.29 is 9.53 Å². The number of rotatable bonds is 6. The second-order valence-electron chi connectivity index (χ2n) is 7.71. The lowest BCUT2D eigenvalue weighted by Crippen LogP contribution is -2.48. The van der Waals surface area contributed by atoms with Gasteiger partial charge in [0.15, 0.2) is 0 Å². The van der Waals surface area contributed by atoms with Crippen molar-refractivity contribution >= 4 is 11.9 Å². The summed E-state index contributed by atoms with van der Waals surface area (Å²) in [7, 11) is 1.60. The molecule has 2 aliphatic rings. The Morgan fingerprint density at radius 3 is 2.76 bits per heavy atom. The number of hydrogen-bond acceptors (Lipinski definition) is 6. The minimum Gasteiger partial charge on any atom is -0.481 e.